The molecule has 0 atom stereocenters. The van der Waals surface area contributed by atoms with E-state index in [2.05, 4.69) is 23.6 Å². The normalized spacial score (nSPS) is 10.5. The summed E-state index contributed by atoms with van der Waals surface area (Å²) in [4.78, 5) is 0. The van der Waals surface area contributed by atoms with Gasteiger partial charge in [0.2, 0.25) is 0 Å². The molecule has 0 amide bonds. The van der Waals surface area contributed by atoms with Gasteiger partial charge in [-0.25, -0.2) is 0 Å². The topological polar surface area (TPSA) is 50.1 Å². The van der Waals surface area contributed by atoms with E-state index in [-0.39, 0.29) is 0 Å². The summed E-state index contributed by atoms with van der Waals surface area (Å²) >= 11 is 0. The van der Waals surface area contributed by atoms with Crippen LogP contribution in [0, 0.1) is 0 Å². The average Bonchev–Trinajstić information content (AvgIpc) is 2.25. The van der Waals surface area contributed by atoms with Gasteiger partial charge in [0.05, 0.1) is 0 Å². The molecule has 3 nitrogen and oxygen atoms in total. The maximum absolute atomic E-state index is 5.83. The van der Waals surface area contributed by atoms with Crippen molar-refractivity contribution < 1.29 is 0 Å². The van der Waals surface area contributed by atoms with Gasteiger partial charge in [0.15, 0.2) is 0 Å². The molecule has 0 unspecified atom stereocenters. The van der Waals surface area contributed by atoms with Crippen molar-refractivity contribution in [2.75, 3.05) is 25.4 Å². The molecule has 1 aromatic carbocycles. The standard InChI is InChI=1S/C12H21N3/c1-2-7-14-8-9-15-10-11-5-3-4-6-12(11)13/h3-6,14-15H,2,7-10,13H2,1H3. The zero-order valence-electron chi connectivity index (χ0n) is 9.42. The first-order valence-corrected chi connectivity index (χ1v) is 5.59. The van der Waals surface area contributed by atoms with Crippen molar-refractivity contribution in [3.63, 3.8) is 0 Å². The van der Waals surface area contributed by atoms with Crippen LogP contribution in [0.15, 0.2) is 24.3 Å². The van der Waals surface area contributed by atoms with Crippen molar-refractivity contribution in [1.82, 2.24) is 10.6 Å². The maximum Gasteiger partial charge on any atom is 0.0359 e. The van der Waals surface area contributed by atoms with Crippen LogP contribution >= 0.6 is 0 Å². The zero-order chi connectivity index (χ0) is 10.9. The molecular formula is C12H21N3. The number of benzene rings is 1. The number of nitrogens with one attached hydrogen (secondary N) is 2. The molecule has 1 aromatic rings. The molecule has 3 heteroatoms. The van der Waals surface area contributed by atoms with Gasteiger partial charge in [-0.15, -0.1) is 0 Å². The molecule has 0 fully saturated rings. The number of hydrogen-bond acceptors (Lipinski definition) is 3. The predicted molar refractivity (Wildman–Crippen MR) is 65.7 cm³/mol. The van der Waals surface area contributed by atoms with Gasteiger partial charge >= 0.3 is 0 Å². The van der Waals surface area contributed by atoms with Crippen LogP contribution in [-0.2, 0) is 6.54 Å². The molecule has 0 saturated heterocycles. The second-order valence-electron chi connectivity index (χ2n) is 3.63. The van der Waals surface area contributed by atoms with E-state index in [9.17, 15) is 0 Å². The fraction of sp³-hybridized carbons (Fsp3) is 0.500. The Hall–Kier alpha value is -1.06. The van der Waals surface area contributed by atoms with Gasteiger partial charge < -0.3 is 16.4 Å². The molecular weight excluding hydrogens is 186 g/mol. The number of nitrogens with two attached hydrogens (primary N) is 1. The highest BCUT2D eigenvalue weighted by molar-refractivity contribution is 5.46. The Kier molecular flexibility index (Phi) is 5.81. The summed E-state index contributed by atoms with van der Waals surface area (Å²) in [6.45, 7) is 6.11. The fourth-order valence-corrected chi connectivity index (χ4v) is 1.40. The molecule has 0 saturated carbocycles. The molecule has 0 bridgehead atoms. The van der Waals surface area contributed by atoms with Gasteiger partial charge in [-0.3, -0.25) is 0 Å². The van der Waals surface area contributed by atoms with E-state index in [1.54, 1.807) is 0 Å². The third kappa shape index (κ3) is 4.81. The lowest BCUT2D eigenvalue weighted by atomic mass is 10.2. The van der Waals surface area contributed by atoms with E-state index in [1.165, 1.54) is 12.0 Å². The number of nitrogen functional groups attached to an aromatic ring is 1. The molecule has 84 valence electrons. The Morgan fingerprint density at radius 1 is 1.07 bits per heavy atom. The minimum Gasteiger partial charge on any atom is -0.398 e. The van der Waals surface area contributed by atoms with E-state index in [1.807, 2.05) is 18.2 Å². The van der Waals surface area contributed by atoms with Crippen LogP contribution in [0.2, 0.25) is 0 Å². The molecule has 15 heavy (non-hydrogen) atoms. The van der Waals surface area contributed by atoms with Crippen LogP contribution in [0.25, 0.3) is 0 Å². The molecule has 0 radical (unpaired) electrons. The number of hydrogen-bond donors (Lipinski definition) is 3. The second kappa shape index (κ2) is 7.26. The SMILES string of the molecule is CCCNCCNCc1ccccc1N. The summed E-state index contributed by atoms with van der Waals surface area (Å²) in [5.74, 6) is 0. The highest BCUT2D eigenvalue weighted by Gasteiger charge is 1.95. The van der Waals surface area contributed by atoms with Crippen molar-refractivity contribution in [2.24, 2.45) is 0 Å². The number of anilines is 1. The molecule has 0 aliphatic heterocycles. The Balaban J connectivity index is 2.12. The summed E-state index contributed by atoms with van der Waals surface area (Å²) in [5.41, 5.74) is 7.87. The Morgan fingerprint density at radius 3 is 2.53 bits per heavy atom. The molecule has 0 spiro atoms. The third-order valence-corrected chi connectivity index (χ3v) is 2.28. The first-order valence-electron chi connectivity index (χ1n) is 5.59. The lowest BCUT2D eigenvalue weighted by molar-refractivity contribution is 0.607. The van der Waals surface area contributed by atoms with Gasteiger partial charge in [-0.2, -0.15) is 0 Å². The average molecular weight is 207 g/mol. The van der Waals surface area contributed by atoms with Crippen molar-refractivity contribution in [2.45, 2.75) is 19.9 Å². The molecule has 0 aromatic heterocycles. The first-order chi connectivity index (χ1) is 7.34. The van der Waals surface area contributed by atoms with Crippen molar-refractivity contribution in [3.05, 3.63) is 29.8 Å². The summed E-state index contributed by atoms with van der Waals surface area (Å²) < 4.78 is 0. The summed E-state index contributed by atoms with van der Waals surface area (Å²) in [5, 5.41) is 6.70. The lowest BCUT2D eigenvalue weighted by Crippen LogP contribution is -2.27. The lowest BCUT2D eigenvalue weighted by Gasteiger charge is -2.07. The quantitative estimate of drug-likeness (QED) is 0.467. The van der Waals surface area contributed by atoms with E-state index in [0.29, 0.717) is 0 Å². The fourth-order valence-electron chi connectivity index (χ4n) is 1.40. The summed E-state index contributed by atoms with van der Waals surface area (Å²) in [6, 6.07) is 7.97. The monoisotopic (exact) mass is 207 g/mol. The maximum atomic E-state index is 5.83. The molecule has 4 N–H and O–H groups in total. The third-order valence-electron chi connectivity index (χ3n) is 2.28. The Morgan fingerprint density at radius 2 is 1.80 bits per heavy atom. The minimum atomic E-state index is 0.848. The second-order valence-corrected chi connectivity index (χ2v) is 3.63. The molecule has 0 aliphatic rings. The van der Waals surface area contributed by atoms with Crippen molar-refractivity contribution >= 4 is 5.69 Å². The Labute approximate surface area is 92.1 Å². The molecule has 0 heterocycles. The van der Waals surface area contributed by atoms with Gasteiger partial charge in [0, 0.05) is 25.3 Å². The summed E-state index contributed by atoms with van der Waals surface area (Å²) in [7, 11) is 0. The number of rotatable bonds is 7. The van der Waals surface area contributed by atoms with E-state index in [0.717, 1.165) is 31.9 Å². The Bertz CT molecular complexity index is 273. The first kappa shape index (κ1) is 12.0. The van der Waals surface area contributed by atoms with Crippen molar-refractivity contribution in [3.8, 4) is 0 Å². The van der Waals surface area contributed by atoms with Crippen LogP contribution < -0.4 is 16.4 Å². The van der Waals surface area contributed by atoms with Crippen LogP contribution in [0.5, 0.6) is 0 Å². The molecule has 1 rings (SSSR count). The van der Waals surface area contributed by atoms with Gasteiger partial charge in [-0.05, 0) is 24.6 Å². The minimum absolute atomic E-state index is 0.848. The van der Waals surface area contributed by atoms with Gasteiger partial charge in [0.25, 0.3) is 0 Å². The number of para-hydroxylation sites is 1. The van der Waals surface area contributed by atoms with Gasteiger partial charge in [-0.1, -0.05) is 25.1 Å². The van der Waals surface area contributed by atoms with Crippen molar-refractivity contribution in [1.29, 1.82) is 0 Å². The predicted octanol–water partition coefficient (Wildman–Crippen LogP) is 1.36. The van der Waals surface area contributed by atoms with E-state index >= 15 is 0 Å². The zero-order valence-corrected chi connectivity index (χ0v) is 9.42. The smallest absolute Gasteiger partial charge is 0.0359 e. The van der Waals surface area contributed by atoms with E-state index < -0.39 is 0 Å². The van der Waals surface area contributed by atoms with Crippen LogP contribution in [0.1, 0.15) is 18.9 Å². The highest BCUT2D eigenvalue weighted by atomic mass is 14.9. The highest BCUT2D eigenvalue weighted by Crippen LogP contribution is 2.09. The van der Waals surface area contributed by atoms with Crippen LogP contribution in [0.3, 0.4) is 0 Å². The van der Waals surface area contributed by atoms with Crippen LogP contribution in [0.4, 0.5) is 5.69 Å². The summed E-state index contributed by atoms with van der Waals surface area (Å²) in [6.07, 6.45) is 1.19. The van der Waals surface area contributed by atoms with Gasteiger partial charge in [0.1, 0.15) is 0 Å². The molecule has 0 aliphatic carbocycles. The van der Waals surface area contributed by atoms with E-state index in [4.69, 9.17) is 5.73 Å². The van der Waals surface area contributed by atoms with Crippen LogP contribution in [-0.4, -0.2) is 19.6 Å². The largest absolute Gasteiger partial charge is 0.398 e.